The van der Waals surface area contributed by atoms with Gasteiger partial charge in [-0.2, -0.15) is 13.2 Å². The van der Waals surface area contributed by atoms with E-state index >= 15 is 0 Å². The van der Waals surface area contributed by atoms with E-state index in [4.69, 9.17) is 4.74 Å². The first-order valence-electron chi connectivity index (χ1n) is 6.85. The minimum Gasteiger partial charge on any atom is -0.492 e. The first-order chi connectivity index (χ1) is 10.4. The Kier molecular flexibility index (Phi) is 5.25. The van der Waals surface area contributed by atoms with E-state index in [2.05, 4.69) is 10.6 Å². The Balaban J connectivity index is 1.69. The number of carbonyl (C=O) groups excluding carboxylic acids is 1. The van der Waals surface area contributed by atoms with Crippen LogP contribution in [0.25, 0.3) is 0 Å². The molecule has 1 aromatic carbocycles. The zero-order chi connectivity index (χ0) is 16.2. The fourth-order valence-corrected chi connectivity index (χ4v) is 2.12. The van der Waals surface area contributed by atoms with Gasteiger partial charge in [-0.15, -0.1) is 0 Å². The Bertz CT molecular complexity index is 505. The molecule has 0 radical (unpaired) electrons. The topological polar surface area (TPSA) is 70.6 Å². The maximum Gasteiger partial charge on any atom is 0.416 e. The SMILES string of the molecule is O=C(NCCOc1ccc(C(F)(F)F)cc1)[C@@H]1C[C@H](O)CN1. The minimum atomic E-state index is -4.37. The second-order valence-electron chi connectivity index (χ2n) is 5.01. The molecule has 1 aliphatic rings. The summed E-state index contributed by atoms with van der Waals surface area (Å²) in [4.78, 5) is 11.7. The number of rotatable bonds is 5. The number of carbonyl (C=O) groups is 1. The van der Waals surface area contributed by atoms with Crippen molar-refractivity contribution >= 4 is 5.91 Å². The van der Waals surface area contributed by atoms with Gasteiger partial charge in [0.25, 0.3) is 0 Å². The Labute approximate surface area is 125 Å². The van der Waals surface area contributed by atoms with Crippen LogP contribution in [0.1, 0.15) is 12.0 Å². The van der Waals surface area contributed by atoms with Crippen molar-refractivity contribution in [3.8, 4) is 5.75 Å². The predicted molar refractivity (Wildman–Crippen MR) is 72.4 cm³/mol. The lowest BCUT2D eigenvalue weighted by atomic mass is 10.2. The predicted octanol–water partition coefficient (Wildman–Crippen LogP) is 0.923. The van der Waals surface area contributed by atoms with Gasteiger partial charge in [0, 0.05) is 6.54 Å². The molecular formula is C14H17F3N2O3. The number of β-amino-alcohol motifs (C(OH)–C–C–N with tert-alkyl or cyclic N) is 1. The minimum absolute atomic E-state index is 0.145. The van der Waals surface area contributed by atoms with Gasteiger partial charge in [0.15, 0.2) is 0 Å². The molecule has 22 heavy (non-hydrogen) atoms. The number of ether oxygens (including phenoxy) is 1. The number of hydrogen-bond acceptors (Lipinski definition) is 4. The fourth-order valence-electron chi connectivity index (χ4n) is 2.12. The lowest BCUT2D eigenvalue weighted by Gasteiger charge is -2.12. The van der Waals surface area contributed by atoms with Gasteiger partial charge in [0.1, 0.15) is 12.4 Å². The standard InChI is InChI=1S/C14H17F3N2O3/c15-14(16,17)9-1-3-11(4-2-9)22-6-5-18-13(21)12-7-10(20)8-19-12/h1-4,10,12,19-20H,5-8H2,(H,18,21)/t10-,12-/m0/s1. The van der Waals surface area contributed by atoms with Crippen LogP contribution in [0.3, 0.4) is 0 Å². The van der Waals surface area contributed by atoms with E-state index in [9.17, 15) is 23.1 Å². The molecule has 0 aliphatic carbocycles. The molecule has 0 unspecified atom stereocenters. The van der Waals surface area contributed by atoms with Crippen LogP contribution < -0.4 is 15.4 Å². The van der Waals surface area contributed by atoms with E-state index in [1.807, 2.05) is 0 Å². The van der Waals surface area contributed by atoms with Crippen LogP contribution in [0.4, 0.5) is 13.2 Å². The van der Waals surface area contributed by atoms with Crippen molar-refractivity contribution in [3.63, 3.8) is 0 Å². The molecule has 1 amide bonds. The number of benzene rings is 1. The van der Waals surface area contributed by atoms with Crippen LogP contribution in [0.2, 0.25) is 0 Å². The molecule has 0 bridgehead atoms. The highest BCUT2D eigenvalue weighted by atomic mass is 19.4. The average Bonchev–Trinajstić information content (AvgIpc) is 2.89. The molecule has 122 valence electrons. The number of nitrogens with one attached hydrogen (secondary N) is 2. The van der Waals surface area contributed by atoms with Crippen molar-refractivity contribution in [1.82, 2.24) is 10.6 Å². The lowest BCUT2D eigenvalue weighted by molar-refractivity contribution is -0.137. The van der Waals surface area contributed by atoms with Gasteiger partial charge in [0.2, 0.25) is 5.91 Å². The second-order valence-corrected chi connectivity index (χ2v) is 5.01. The molecule has 0 saturated carbocycles. The van der Waals surface area contributed by atoms with Crippen molar-refractivity contribution in [1.29, 1.82) is 0 Å². The summed E-state index contributed by atoms with van der Waals surface area (Å²) in [6.45, 7) is 0.765. The number of alkyl halides is 3. The monoisotopic (exact) mass is 318 g/mol. The van der Waals surface area contributed by atoms with E-state index in [1.54, 1.807) is 0 Å². The molecule has 0 spiro atoms. The van der Waals surface area contributed by atoms with E-state index < -0.39 is 23.9 Å². The number of aliphatic hydroxyl groups is 1. The molecule has 1 saturated heterocycles. The van der Waals surface area contributed by atoms with Crippen LogP contribution in [-0.4, -0.2) is 42.9 Å². The molecule has 1 aromatic rings. The molecule has 1 heterocycles. The van der Waals surface area contributed by atoms with Crippen molar-refractivity contribution in [2.75, 3.05) is 19.7 Å². The smallest absolute Gasteiger partial charge is 0.416 e. The molecule has 3 N–H and O–H groups in total. The van der Waals surface area contributed by atoms with Gasteiger partial charge in [-0.05, 0) is 30.7 Å². The van der Waals surface area contributed by atoms with Crippen LogP contribution in [0.15, 0.2) is 24.3 Å². The van der Waals surface area contributed by atoms with Crippen LogP contribution in [0, 0.1) is 0 Å². The summed E-state index contributed by atoms with van der Waals surface area (Å²) in [7, 11) is 0. The number of aliphatic hydroxyl groups excluding tert-OH is 1. The normalized spacial score (nSPS) is 21.6. The summed E-state index contributed by atoms with van der Waals surface area (Å²) in [5, 5.41) is 14.8. The maximum absolute atomic E-state index is 12.4. The summed E-state index contributed by atoms with van der Waals surface area (Å²) in [6.07, 6.45) is -4.52. The third-order valence-electron chi connectivity index (χ3n) is 3.28. The number of hydrogen-bond donors (Lipinski definition) is 3. The largest absolute Gasteiger partial charge is 0.492 e. The number of halogens is 3. The second kappa shape index (κ2) is 6.97. The zero-order valence-corrected chi connectivity index (χ0v) is 11.7. The molecule has 8 heteroatoms. The summed E-state index contributed by atoms with van der Waals surface area (Å²) in [6, 6.07) is 3.94. The van der Waals surface area contributed by atoms with Gasteiger partial charge in [-0.3, -0.25) is 4.79 Å². The highest BCUT2D eigenvalue weighted by Gasteiger charge is 2.30. The molecular weight excluding hydrogens is 301 g/mol. The number of amides is 1. The van der Waals surface area contributed by atoms with Crippen LogP contribution in [0.5, 0.6) is 5.75 Å². The third-order valence-corrected chi connectivity index (χ3v) is 3.28. The first-order valence-corrected chi connectivity index (χ1v) is 6.85. The summed E-state index contributed by atoms with van der Waals surface area (Å²) >= 11 is 0. The molecule has 0 aromatic heterocycles. The van der Waals surface area contributed by atoms with Crippen molar-refractivity contribution in [2.24, 2.45) is 0 Å². The first kappa shape index (κ1) is 16.6. The highest BCUT2D eigenvalue weighted by molar-refractivity contribution is 5.82. The molecule has 2 rings (SSSR count). The lowest BCUT2D eigenvalue weighted by Crippen LogP contribution is -2.41. The Hall–Kier alpha value is -1.80. The summed E-state index contributed by atoms with van der Waals surface area (Å²) in [5.41, 5.74) is -0.737. The van der Waals surface area contributed by atoms with Gasteiger partial charge in [-0.1, -0.05) is 0 Å². The van der Waals surface area contributed by atoms with Crippen molar-refractivity contribution in [2.45, 2.75) is 24.7 Å². The Morgan fingerprint density at radius 2 is 2.05 bits per heavy atom. The molecule has 1 aliphatic heterocycles. The Morgan fingerprint density at radius 3 is 2.59 bits per heavy atom. The van der Waals surface area contributed by atoms with E-state index in [0.29, 0.717) is 18.7 Å². The van der Waals surface area contributed by atoms with Gasteiger partial charge in [-0.25, -0.2) is 0 Å². The van der Waals surface area contributed by atoms with Gasteiger partial charge in [0.05, 0.1) is 24.3 Å². The van der Waals surface area contributed by atoms with E-state index in [-0.39, 0.29) is 19.1 Å². The summed E-state index contributed by atoms with van der Waals surface area (Å²) in [5.74, 6) is 0.0734. The van der Waals surface area contributed by atoms with Gasteiger partial charge >= 0.3 is 6.18 Å². The average molecular weight is 318 g/mol. The Morgan fingerprint density at radius 1 is 1.36 bits per heavy atom. The molecule has 2 atom stereocenters. The van der Waals surface area contributed by atoms with Crippen LogP contribution in [-0.2, 0) is 11.0 Å². The summed E-state index contributed by atoms with van der Waals surface area (Å²) < 4.78 is 42.4. The van der Waals surface area contributed by atoms with Crippen molar-refractivity contribution < 1.29 is 27.8 Å². The third kappa shape index (κ3) is 4.60. The quantitative estimate of drug-likeness (QED) is 0.706. The van der Waals surface area contributed by atoms with Gasteiger partial charge < -0.3 is 20.5 Å². The zero-order valence-electron chi connectivity index (χ0n) is 11.7. The molecule has 5 nitrogen and oxygen atoms in total. The van der Waals surface area contributed by atoms with Crippen LogP contribution >= 0.6 is 0 Å². The molecule has 1 fully saturated rings. The highest BCUT2D eigenvalue weighted by Crippen LogP contribution is 2.30. The fraction of sp³-hybridized carbons (Fsp3) is 0.500. The van der Waals surface area contributed by atoms with E-state index in [1.165, 1.54) is 12.1 Å². The van der Waals surface area contributed by atoms with Crippen molar-refractivity contribution in [3.05, 3.63) is 29.8 Å². The maximum atomic E-state index is 12.4. The van der Waals surface area contributed by atoms with E-state index in [0.717, 1.165) is 12.1 Å².